The van der Waals surface area contributed by atoms with Gasteiger partial charge in [-0.3, -0.25) is 0 Å². The van der Waals surface area contributed by atoms with Crippen molar-refractivity contribution in [3.8, 4) is 5.75 Å². The van der Waals surface area contributed by atoms with Crippen molar-refractivity contribution in [2.24, 2.45) is 11.8 Å². The van der Waals surface area contributed by atoms with Gasteiger partial charge in [0.05, 0.1) is 6.10 Å². The van der Waals surface area contributed by atoms with Gasteiger partial charge < -0.3 is 10.1 Å². The van der Waals surface area contributed by atoms with Gasteiger partial charge in [-0.1, -0.05) is 24.6 Å². The van der Waals surface area contributed by atoms with Crippen LogP contribution in [0.1, 0.15) is 45.1 Å². The van der Waals surface area contributed by atoms with Crippen LogP contribution < -0.4 is 10.1 Å². The standard InChI is InChI=1S/C17H25NO/c1-12(2)19-17-6-4-3-5-15(17)11-18-16-10-13-7-8-14(16)9-13/h3-6,12-14,16,18H,7-11H2,1-2H3. The highest BCUT2D eigenvalue weighted by Crippen LogP contribution is 2.44. The van der Waals surface area contributed by atoms with Gasteiger partial charge in [0.1, 0.15) is 5.75 Å². The molecule has 0 saturated heterocycles. The second-order valence-electron chi connectivity index (χ2n) is 6.44. The highest BCUT2D eigenvalue weighted by molar-refractivity contribution is 5.33. The average Bonchev–Trinajstić information content (AvgIpc) is 2.99. The Bertz CT molecular complexity index is 429. The molecule has 3 atom stereocenters. The molecule has 2 heteroatoms. The molecule has 0 aliphatic heterocycles. The van der Waals surface area contributed by atoms with E-state index in [1.54, 1.807) is 0 Å². The summed E-state index contributed by atoms with van der Waals surface area (Å²) < 4.78 is 5.88. The van der Waals surface area contributed by atoms with Crippen molar-refractivity contribution in [2.75, 3.05) is 0 Å². The molecule has 104 valence electrons. The van der Waals surface area contributed by atoms with Crippen molar-refractivity contribution in [1.82, 2.24) is 5.32 Å². The summed E-state index contributed by atoms with van der Waals surface area (Å²) in [6, 6.07) is 9.16. The predicted molar refractivity (Wildman–Crippen MR) is 78.3 cm³/mol. The van der Waals surface area contributed by atoms with Gasteiger partial charge in [0, 0.05) is 18.2 Å². The monoisotopic (exact) mass is 259 g/mol. The number of para-hydroxylation sites is 1. The van der Waals surface area contributed by atoms with Gasteiger partial charge in [-0.05, 0) is 51.0 Å². The summed E-state index contributed by atoms with van der Waals surface area (Å²) in [6.45, 7) is 5.11. The lowest BCUT2D eigenvalue weighted by atomic mass is 9.95. The molecule has 3 rings (SSSR count). The minimum absolute atomic E-state index is 0.239. The van der Waals surface area contributed by atoms with Gasteiger partial charge in [0.15, 0.2) is 0 Å². The first-order chi connectivity index (χ1) is 9.22. The largest absolute Gasteiger partial charge is 0.491 e. The van der Waals surface area contributed by atoms with E-state index < -0.39 is 0 Å². The number of fused-ring (bicyclic) bond motifs is 2. The molecular weight excluding hydrogens is 234 g/mol. The lowest BCUT2D eigenvalue weighted by Gasteiger charge is -2.24. The third kappa shape index (κ3) is 2.94. The highest BCUT2D eigenvalue weighted by Gasteiger charge is 2.39. The zero-order valence-electron chi connectivity index (χ0n) is 12.1. The number of hydrogen-bond donors (Lipinski definition) is 1. The van der Waals surface area contributed by atoms with Gasteiger partial charge in [0.2, 0.25) is 0 Å². The molecule has 2 bridgehead atoms. The number of ether oxygens (including phenoxy) is 1. The Kier molecular flexibility index (Phi) is 3.79. The molecule has 1 N–H and O–H groups in total. The molecule has 2 nitrogen and oxygen atoms in total. The predicted octanol–water partition coefficient (Wildman–Crippen LogP) is 3.75. The van der Waals surface area contributed by atoms with Crippen LogP contribution in [0.2, 0.25) is 0 Å². The molecule has 2 aliphatic rings. The fraction of sp³-hybridized carbons (Fsp3) is 0.647. The Morgan fingerprint density at radius 3 is 2.74 bits per heavy atom. The summed E-state index contributed by atoms with van der Waals surface area (Å²) in [5, 5.41) is 3.76. The fourth-order valence-corrected chi connectivity index (χ4v) is 3.75. The molecule has 19 heavy (non-hydrogen) atoms. The molecule has 3 unspecified atom stereocenters. The minimum atomic E-state index is 0.239. The molecule has 1 aromatic carbocycles. The Morgan fingerprint density at radius 1 is 1.21 bits per heavy atom. The van der Waals surface area contributed by atoms with Gasteiger partial charge >= 0.3 is 0 Å². The van der Waals surface area contributed by atoms with E-state index in [0.717, 1.165) is 30.2 Å². The van der Waals surface area contributed by atoms with E-state index in [1.165, 1.54) is 31.2 Å². The van der Waals surface area contributed by atoms with Gasteiger partial charge in [-0.2, -0.15) is 0 Å². The Balaban J connectivity index is 1.60. The highest BCUT2D eigenvalue weighted by atomic mass is 16.5. The molecule has 1 aromatic rings. The van der Waals surface area contributed by atoms with E-state index >= 15 is 0 Å². The van der Waals surface area contributed by atoms with Crippen LogP contribution in [0.5, 0.6) is 5.75 Å². The second kappa shape index (κ2) is 5.54. The number of rotatable bonds is 5. The third-order valence-electron chi connectivity index (χ3n) is 4.63. The van der Waals surface area contributed by atoms with E-state index in [2.05, 4.69) is 43.4 Å². The smallest absolute Gasteiger partial charge is 0.124 e. The van der Waals surface area contributed by atoms with Crippen molar-refractivity contribution in [2.45, 2.75) is 58.2 Å². The maximum absolute atomic E-state index is 5.88. The van der Waals surface area contributed by atoms with Crippen molar-refractivity contribution in [1.29, 1.82) is 0 Å². The van der Waals surface area contributed by atoms with E-state index in [0.29, 0.717) is 0 Å². The zero-order valence-corrected chi connectivity index (χ0v) is 12.1. The first kappa shape index (κ1) is 13.0. The number of hydrogen-bond acceptors (Lipinski definition) is 2. The number of nitrogens with one attached hydrogen (secondary N) is 1. The SMILES string of the molecule is CC(C)Oc1ccccc1CNC1CC2CCC1C2. The van der Waals surface area contributed by atoms with Crippen LogP contribution >= 0.6 is 0 Å². The van der Waals surface area contributed by atoms with Crippen LogP contribution in [0.3, 0.4) is 0 Å². The normalized spacial score (nSPS) is 29.1. The first-order valence-corrected chi connectivity index (χ1v) is 7.70. The minimum Gasteiger partial charge on any atom is -0.491 e. The van der Waals surface area contributed by atoms with Gasteiger partial charge in [-0.25, -0.2) is 0 Å². The molecule has 0 spiro atoms. The maximum atomic E-state index is 5.88. The third-order valence-corrected chi connectivity index (χ3v) is 4.63. The van der Waals surface area contributed by atoms with Crippen molar-refractivity contribution in [3.05, 3.63) is 29.8 Å². The summed E-state index contributed by atoms with van der Waals surface area (Å²) >= 11 is 0. The zero-order chi connectivity index (χ0) is 13.2. The molecule has 0 aromatic heterocycles. The Hall–Kier alpha value is -1.02. The van der Waals surface area contributed by atoms with Crippen molar-refractivity contribution in [3.63, 3.8) is 0 Å². The molecule has 0 amide bonds. The molecular formula is C17H25NO. The summed E-state index contributed by atoms with van der Waals surface area (Å²) in [5.41, 5.74) is 1.29. The Morgan fingerprint density at radius 2 is 2.05 bits per heavy atom. The van der Waals surface area contributed by atoms with Crippen LogP contribution in [-0.4, -0.2) is 12.1 Å². The van der Waals surface area contributed by atoms with Gasteiger partial charge in [0.25, 0.3) is 0 Å². The summed E-state index contributed by atoms with van der Waals surface area (Å²) in [6.07, 6.45) is 5.99. The molecule has 0 radical (unpaired) electrons. The molecule has 2 fully saturated rings. The summed E-state index contributed by atoms with van der Waals surface area (Å²) in [5.74, 6) is 2.97. The van der Waals surface area contributed by atoms with Crippen LogP contribution in [0, 0.1) is 11.8 Å². The van der Waals surface area contributed by atoms with E-state index in [4.69, 9.17) is 4.74 Å². The van der Waals surface area contributed by atoms with Crippen molar-refractivity contribution >= 4 is 0 Å². The number of benzene rings is 1. The first-order valence-electron chi connectivity index (χ1n) is 7.70. The van der Waals surface area contributed by atoms with Crippen LogP contribution in [0.4, 0.5) is 0 Å². The summed E-state index contributed by atoms with van der Waals surface area (Å²) in [7, 11) is 0. The van der Waals surface area contributed by atoms with Crippen LogP contribution in [0.15, 0.2) is 24.3 Å². The Labute approximate surface area is 116 Å². The average molecular weight is 259 g/mol. The summed E-state index contributed by atoms with van der Waals surface area (Å²) in [4.78, 5) is 0. The fourth-order valence-electron chi connectivity index (χ4n) is 3.75. The quantitative estimate of drug-likeness (QED) is 0.869. The topological polar surface area (TPSA) is 21.3 Å². The lowest BCUT2D eigenvalue weighted by molar-refractivity contribution is 0.238. The van der Waals surface area contributed by atoms with Gasteiger partial charge in [-0.15, -0.1) is 0 Å². The lowest BCUT2D eigenvalue weighted by Crippen LogP contribution is -2.33. The maximum Gasteiger partial charge on any atom is 0.124 e. The second-order valence-corrected chi connectivity index (χ2v) is 6.44. The van der Waals surface area contributed by atoms with Crippen molar-refractivity contribution < 1.29 is 4.74 Å². The van der Waals surface area contributed by atoms with E-state index in [-0.39, 0.29) is 6.10 Å². The van der Waals surface area contributed by atoms with Crippen LogP contribution in [0.25, 0.3) is 0 Å². The van der Waals surface area contributed by atoms with E-state index in [1.807, 2.05) is 0 Å². The molecule has 0 heterocycles. The van der Waals surface area contributed by atoms with E-state index in [9.17, 15) is 0 Å². The molecule has 2 aliphatic carbocycles. The van der Waals surface area contributed by atoms with Crippen LogP contribution in [-0.2, 0) is 6.54 Å². The molecule has 2 saturated carbocycles.